The Kier molecular flexibility index (Phi) is 6.85. The van der Waals surface area contributed by atoms with Crippen LogP contribution in [0.1, 0.15) is 12.5 Å². The van der Waals surface area contributed by atoms with E-state index in [9.17, 15) is 9.59 Å². The molecule has 25 heavy (non-hydrogen) atoms. The average molecular weight is 346 g/mol. The smallest absolute Gasteiger partial charge is 0.393 e. The van der Waals surface area contributed by atoms with Crippen LogP contribution in [-0.4, -0.2) is 44.1 Å². The van der Waals surface area contributed by atoms with Crippen LogP contribution < -0.4 is 16.0 Å². The Hall–Kier alpha value is -2.52. The molecule has 134 valence electrons. The fraction of sp³-hybridized carbons (Fsp3) is 0.375. The minimum atomic E-state index is -0.367. The van der Waals surface area contributed by atoms with Crippen LogP contribution in [-0.2, 0) is 9.31 Å². The van der Waals surface area contributed by atoms with Gasteiger partial charge in [-0.1, -0.05) is 12.1 Å². The minimum Gasteiger partial charge on any atom is -0.393 e. The first-order valence-electron chi connectivity index (χ1n) is 8.09. The van der Waals surface area contributed by atoms with Crippen LogP contribution in [0.3, 0.4) is 0 Å². The van der Waals surface area contributed by atoms with Crippen LogP contribution in [0.2, 0.25) is 6.32 Å². The molecule has 0 bridgehead atoms. The number of nitrogens with zero attached hydrogens (tertiary/aromatic N) is 1. The molecule has 8 nitrogen and oxygen atoms in total. The molecule has 1 aliphatic rings. The monoisotopic (exact) mass is 346 g/mol. The normalized spacial score (nSPS) is 14.0. The van der Waals surface area contributed by atoms with Gasteiger partial charge in [0.1, 0.15) is 13.5 Å². The molecular weight excluding hydrogens is 323 g/mol. The average Bonchev–Trinajstić information content (AvgIpc) is 2.59. The molecule has 1 aromatic rings. The molecule has 1 fully saturated rings. The summed E-state index contributed by atoms with van der Waals surface area (Å²) in [6.45, 7) is 8.15. The second-order valence-electron chi connectivity index (χ2n) is 5.53. The van der Waals surface area contributed by atoms with Gasteiger partial charge in [0.25, 0.3) is 0 Å². The van der Waals surface area contributed by atoms with Gasteiger partial charge in [0.15, 0.2) is 0 Å². The molecule has 0 spiro atoms. The summed E-state index contributed by atoms with van der Waals surface area (Å²) in [5, 5.41) is 8.18. The summed E-state index contributed by atoms with van der Waals surface area (Å²) in [7, 11) is -0.367. The fourth-order valence-electron chi connectivity index (χ4n) is 2.19. The molecule has 2 rings (SSSR count). The number of urea groups is 2. The summed E-state index contributed by atoms with van der Waals surface area (Å²) in [6, 6.07) is 4.65. The van der Waals surface area contributed by atoms with E-state index in [0.29, 0.717) is 24.2 Å². The van der Waals surface area contributed by atoms with Crippen molar-refractivity contribution < 1.29 is 18.9 Å². The number of carbonyl (C=O) groups is 2. The van der Waals surface area contributed by atoms with Crippen molar-refractivity contribution in [3.63, 3.8) is 0 Å². The van der Waals surface area contributed by atoms with Crippen LogP contribution in [0, 0.1) is 6.92 Å². The van der Waals surface area contributed by atoms with Gasteiger partial charge in [-0.05, 0) is 31.5 Å². The van der Waals surface area contributed by atoms with Gasteiger partial charge in [-0.25, -0.2) is 9.59 Å². The molecule has 1 aliphatic heterocycles. The second kappa shape index (κ2) is 9.09. The maximum atomic E-state index is 12.3. The minimum absolute atomic E-state index is 0.139. The number of nitrogens with one attached hydrogen (secondary N) is 3. The van der Waals surface area contributed by atoms with E-state index >= 15 is 0 Å². The van der Waals surface area contributed by atoms with E-state index in [1.54, 1.807) is 18.2 Å². The molecule has 3 N–H and O–H groups in total. The van der Waals surface area contributed by atoms with Crippen molar-refractivity contribution in [1.29, 1.82) is 0 Å². The van der Waals surface area contributed by atoms with Crippen molar-refractivity contribution >= 4 is 30.6 Å². The lowest BCUT2D eigenvalue weighted by molar-refractivity contribution is 0.0121. The number of amides is 4. The summed E-state index contributed by atoms with van der Waals surface area (Å²) in [5.41, 5.74) is 2.08. The highest BCUT2D eigenvalue weighted by Gasteiger charge is 2.27. The van der Waals surface area contributed by atoms with Crippen LogP contribution in [0.4, 0.5) is 21.0 Å². The van der Waals surface area contributed by atoms with Crippen LogP contribution >= 0.6 is 0 Å². The third-order valence-electron chi connectivity index (χ3n) is 3.55. The summed E-state index contributed by atoms with van der Waals surface area (Å²) < 4.78 is 10.8. The van der Waals surface area contributed by atoms with Gasteiger partial charge in [-0.15, -0.1) is 6.58 Å². The van der Waals surface area contributed by atoms with Crippen molar-refractivity contribution in [3.8, 4) is 0 Å². The molecule has 1 saturated heterocycles. The summed E-state index contributed by atoms with van der Waals surface area (Å²) in [6.07, 6.45) is 2.28. The zero-order valence-electron chi connectivity index (χ0n) is 14.5. The summed E-state index contributed by atoms with van der Waals surface area (Å²) in [4.78, 5) is 25.4. The number of carbonyl (C=O) groups excluding carboxylic acids is 2. The largest absolute Gasteiger partial charge is 0.463 e. The van der Waals surface area contributed by atoms with E-state index in [0.717, 1.165) is 5.56 Å². The van der Waals surface area contributed by atoms with Crippen LogP contribution in [0.15, 0.2) is 30.9 Å². The highest BCUT2D eigenvalue weighted by molar-refractivity contribution is 6.45. The molecule has 1 heterocycles. The van der Waals surface area contributed by atoms with Crippen molar-refractivity contribution in [3.05, 3.63) is 36.4 Å². The first-order valence-corrected chi connectivity index (χ1v) is 8.09. The lowest BCUT2D eigenvalue weighted by atomic mass is 9.85. The van der Waals surface area contributed by atoms with Gasteiger partial charge in [0.05, 0.1) is 0 Å². The van der Waals surface area contributed by atoms with E-state index in [2.05, 4.69) is 22.5 Å². The van der Waals surface area contributed by atoms with E-state index in [1.165, 1.54) is 4.90 Å². The molecule has 1 aromatic carbocycles. The number of aryl methyl sites for hydroxylation is 1. The number of benzene rings is 1. The molecule has 0 unspecified atom stereocenters. The molecule has 0 saturated carbocycles. The van der Waals surface area contributed by atoms with Crippen LogP contribution in [0.5, 0.6) is 0 Å². The Balaban J connectivity index is 1.94. The zero-order valence-corrected chi connectivity index (χ0v) is 14.5. The van der Waals surface area contributed by atoms with E-state index in [4.69, 9.17) is 9.31 Å². The highest BCUT2D eigenvalue weighted by Crippen LogP contribution is 2.21. The molecular formula is C16H23BN4O4. The second-order valence-corrected chi connectivity index (χ2v) is 5.53. The molecule has 0 aromatic heterocycles. The Bertz CT molecular complexity index is 633. The Morgan fingerprint density at radius 2 is 2.04 bits per heavy atom. The SMILES string of the molecule is C=CCB1OCN(C(=O)Nc2ccc(C)c(NC(=O)NCC)c2)CO1. The van der Waals surface area contributed by atoms with Gasteiger partial charge < -0.3 is 25.3 Å². The van der Waals surface area contributed by atoms with Gasteiger partial charge in [-0.2, -0.15) is 0 Å². The Morgan fingerprint density at radius 1 is 1.32 bits per heavy atom. The number of anilines is 2. The van der Waals surface area contributed by atoms with Gasteiger partial charge in [0.2, 0.25) is 0 Å². The quantitative estimate of drug-likeness (QED) is 0.564. The lowest BCUT2D eigenvalue weighted by Crippen LogP contribution is -2.46. The standard InChI is InChI=1S/C16H23BN4O4/c1-4-8-17-24-10-21(11-25-17)16(23)19-13-7-6-12(3)14(9-13)20-15(22)18-5-2/h4,6-7,9H,1,5,8,10-11H2,2-3H3,(H,19,23)(H2,18,20,22). The number of hydrogen-bond donors (Lipinski definition) is 3. The first-order chi connectivity index (χ1) is 12.0. The molecule has 0 atom stereocenters. The first kappa shape index (κ1) is 18.8. The zero-order chi connectivity index (χ0) is 18.2. The third-order valence-corrected chi connectivity index (χ3v) is 3.55. The Labute approximate surface area is 147 Å². The molecule has 9 heteroatoms. The number of hydrogen-bond acceptors (Lipinski definition) is 4. The fourth-order valence-corrected chi connectivity index (χ4v) is 2.19. The topological polar surface area (TPSA) is 91.9 Å². The number of rotatable bonds is 5. The predicted octanol–water partition coefficient (Wildman–Crippen LogP) is 2.61. The van der Waals surface area contributed by atoms with Crippen LogP contribution in [0.25, 0.3) is 0 Å². The predicted molar refractivity (Wildman–Crippen MR) is 97.4 cm³/mol. The lowest BCUT2D eigenvalue weighted by Gasteiger charge is -2.30. The molecule has 0 aliphatic carbocycles. The maximum absolute atomic E-state index is 12.3. The number of allylic oxidation sites excluding steroid dienone is 1. The van der Waals surface area contributed by atoms with Crippen molar-refractivity contribution in [2.75, 3.05) is 30.6 Å². The Morgan fingerprint density at radius 3 is 2.68 bits per heavy atom. The van der Waals surface area contributed by atoms with Gasteiger partial charge in [-0.3, -0.25) is 4.90 Å². The van der Waals surface area contributed by atoms with Crippen molar-refractivity contribution in [1.82, 2.24) is 10.2 Å². The molecule has 0 radical (unpaired) electrons. The third kappa shape index (κ3) is 5.51. The summed E-state index contributed by atoms with van der Waals surface area (Å²) in [5.74, 6) is 0. The van der Waals surface area contributed by atoms with E-state index in [-0.39, 0.29) is 32.6 Å². The van der Waals surface area contributed by atoms with Crippen molar-refractivity contribution in [2.45, 2.75) is 20.2 Å². The van der Waals surface area contributed by atoms with Crippen molar-refractivity contribution in [2.24, 2.45) is 0 Å². The van der Waals surface area contributed by atoms with Gasteiger partial charge in [0, 0.05) is 24.2 Å². The van der Waals surface area contributed by atoms with Gasteiger partial charge >= 0.3 is 19.2 Å². The maximum Gasteiger partial charge on any atom is 0.463 e. The molecule has 4 amide bonds. The summed E-state index contributed by atoms with van der Waals surface area (Å²) >= 11 is 0. The van der Waals surface area contributed by atoms with E-state index < -0.39 is 0 Å². The van der Waals surface area contributed by atoms with E-state index in [1.807, 2.05) is 19.9 Å². The highest BCUT2D eigenvalue weighted by atomic mass is 16.6.